The van der Waals surface area contributed by atoms with Gasteiger partial charge < -0.3 is 0 Å². The fourth-order valence-corrected chi connectivity index (χ4v) is 4.48. The van der Waals surface area contributed by atoms with Gasteiger partial charge >= 0.3 is 0 Å². The summed E-state index contributed by atoms with van der Waals surface area (Å²) in [4.78, 5) is 29.9. The normalized spacial score (nSPS) is 12.6. The van der Waals surface area contributed by atoms with Crippen molar-refractivity contribution in [3.63, 3.8) is 0 Å². The van der Waals surface area contributed by atoms with Crippen molar-refractivity contribution >= 4 is 32.4 Å². The number of aromatic nitrogens is 2. The molecular formula is C21H12FN3O4S. The maximum absolute atomic E-state index is 13.1. The predicted octanol–water partition coefficient (Wildman–Crippen LogP) is 2.87. The monoisotopic (exact) mass is 421 g/mol. The van der Waals surface area contributed by atoms with Crippen molar-refractivity contribution in [3.8, 4) is 5.69 Å². The van der Waals surface area contributed by atoms with E-state index in [4.69, 9.17) is 0 Å². The molecule has 5 rings (SSSR count). The Kier molecular flexibility index (Phi) is 3.84. The summed E-state index contributed by atoms with van der Waals surface area (Å²) < 4.78 is 41.8. The minimum Gasteiger partial charge on any atom is -0.285 e. The first-order valence-corrected chi connectivity index (χ1v) is 10.3. The Bertz CT molecular complexity index is 1530. The van der Waals surface area contributed by atoms with Gasteiger partial charge in [0, 0.05) is 5.69 Å². The van der Waals surface area contributed by atoms with Gasteiger partial charge in [-0.15, -0.1) is 0 Å². The summed E-state index contributed by atoms with van der Waals surface area (Å²) >= 11 is 0. The van der Waals surface area contributed by atoms with Crippen LogP contribution in [-0.4, -0.2) is 23.8 Å². The van der Waals surface area contributed by atoms with Gasteiger partial charge in [-0.2, -0.15) is 0 Å². The molecule has 0 aliphatic carbocycles. The lowest BCUT2D eigenvalue weighted by Crippen LogP contribution is -2.22. The van der Waals surface area contributed by atoms with E-state index in [0.717, 1.165) is 24.3 Å². The van der Waals surface area contributed by atoms with Gasteiger partial charge in [0.25, 0.3) is 15.6 Å². The average Bonchev–Trinajstić information content (AvgIpc) is 3.01. The number of hydrogen-bond acceptors (Lipinski definition) is 5. The zero-order valence-electron chi connectivity index (χ0n) is 15.2. The van der Waals surface area contributed by atoms with Crippen LogP contribution in [-0.2, 0) is 10.0 Å². The Balaban J connectivity index is 1.63. The highest BCUT2D eigenvalue weighted by Crippen LogP contribution is 2.27. The number of ketones is 1. The Labute approximate surface area is 169 Å². The highest BCUT2D eigenvalue weighted by Gasteiger charge is 2.30. The van der Waals surface area contributed by atoms with Gasteiger partial charge in [0.05, 0.1) is 27.0 Å². The number of rotatable bonds is 3. The standard InChI is InChI=1S/C21H12FN3O4S/c22-12-5-8-14(9-6-12)30(28,29)24-13-7-10-17-16(11-13)21(27)25-18-4-2-1-3-15(18)19(26)20(25)23-17/h1-11,24H. The number of carbonyl (C=O) groups excluding carboxylic acids is 1. The molecule has 7 nitrogen and oxygen atoms in total. The second-order valence-corrected chi connectivity index (χ2v) is 8.40. The van der Waals surface area contributed by atoms with Gasteiger partial charge in [-0.1, -0.05) is 12.1 Å². The van der Waals surface area contributed by atoms with Gasteiger partial charge in [0.2, 0.25) is 5.78 Å². The number of fused-ring (bicyclic) bond motifs is 4. The van der Waals surface area contributed by atoms with Crippen molar-refractivity contribution in [2.75, 3.05) is 4.72 Å². The van der Waals surface area contributed by atoms with E-state index in [1.54, 1.807) is 24.3 Å². The van der Waals surface area contributed by atoms with E-state index in [1.165, 1.54) is 22.8 Å². The van der Waals surface area contributed by atoms with E-state index in [9.17, 15) is 22.4 Å². The van der Waals surface area contributed by atoms with Gasteiger partial charge in [0.15, 0.2) is 5.82 Å². The first kappa shape index (κ1) is 18.2. The van der Waals surface area contributed by atoms with E-state index < -0.39 is 21.4 Å². The van der Waals surface area contributed by atoms with Crippen LogP contribution in [0.1, 0.15) is 16.2 Å². The van der Waals surface area contributed by atoms with Crippen LogP contribution in [0.15, 0.2) is 76.4 Å². The van der Waals surface area contributed by atoms with Gasteiger partial charge in [-0.05, 0) is 54.6 Å². The smallest absolute Gasteiger partial charge is 0.266 e. The van der Waals surface area contributed by atoms with Crippen LogP contribution >= 0.6 is 0 Å². The first-order chi connectivity index (χ1) is 14.3. The van der Waals surface area contributed by atoms with E-state index in [2.05, 4.69) is 9.71 Å². The molecule has 0 unspecified atom stereocenters. The average molecular weight is 421 g/mol. The number of hydrogen-bond donors (Lipinski definition) is 1. The van der Waals surface area contributed by atoms with Crippen LogP contribution < -0.4 is 10.3 Å². The van der Waals surface area contributed by atoms with Crippen molar-refractivity contribution in [1.29, 1.82) is 0 Å². The molecule has 9 heteroatoms. The van der Waals surface area contributed by atoms with Crippen LogP contribution in [0.5, 0.6) is 0 Å². The Morgan fingerprint density at radius 2 is 1.67 bits per heavy atom. The highest BCUT2D eigenvalue weighted by atomic mass is 32.2. The lowest BCUT2D eigenvalue weighted by Gasteiger charge is -2.10. The molecule has 0 saturated carbocycles. The third-order valence-corrected chi connectivity index (χ3v) is 6.23. The zero-order valence-corrected chi connectivity index (χ0v) is 16.0. The molecule has 3 aromatic carbocycles. The van der Waals surface area contributed by atoms with Gasteiger partial charge in [-0.3, -0.25) is 18.9 Å². The molecule has 0 bridgehead atoms. The number of carbonyl (C=O) groups is 1. The second kappa shape index (κ2) is 6.33. The molecule has 0 amide bonds. The van der Waals surface area contributed by atoms with Gasteiger partial charge in [-0.25, -0.2) is 17.8 Å². The molecule has 148 valence electrons. The third kappa shape index (κ3) is 2.71. The largest absolute Gasteiger partial charge is 0.285 e. The summed E-state index contributed by atoms with van der Waals surface area (Å²) in [6.45, 7) is 0. The Hall–Kier alpha value is -3.85. The Morgan fingerprint density at radius 1 is 0.933 bits per heavy atom. The minimum atomic E-state index is -3.98. The molecule has 0 atom stereocenters. The van der Waals surface area contributed by atoms with Crippen molar-refractivity contribution in [3.05, 3.63) is 94.3 Å². The molecule has 30 heavy (non-hydrogen) atoms. The SMILES string of the molecule is O=C1c2ccccc2-n2c1nc1ccc(NS(=O)(=O)c3ccc(F)cc3)cc1c2=O. The molecule has 0 saturated heterocycles. The minimum absolute atomic E-state index is 0.0216. The summed E-state index contributed by atoms with van der Waals surface area (Å²) in [7, 11) is -3.98. The van der Waals surface area contributed by atoms with Crippen molar-refractivity contribution in [2.45, 2.75) is 4.90 Å². The van der Waals surface area contributed by atoms with E-state index in [0.29, 0.717) is 11.3 Å². The Morgan fingerprint density at radius 3 is 2.43 bits per heavy atom. The molecule has 1 aliphatic rings. The quantitative estimate of drug-likeness (QED) is 0.483. The molecule has 0 fully saturated rings. The van der Waals surface area contributed by atoms with E-state index in [1.807, 2.05) is 0 Å². The fraction of sp³-hybridized carbons (Fsp3) is 0. The van der Waals surface area contributed by atoms with Crippen molar-refractivity contribution < 1.29 is 17.6 Å². The molecular weight excluding hydrogens is 409 g/mol. The molecule has 1 N–H and O–H groups in total. The molecule has 0 spiro atoms. The number of nitrogens with one attached hydrogen (secondary N) is 1. The molecule has 1 aromatic heterocycles. The van der Waals surface area contributed by atoms with E-state index >= 15 is 0 Å². The van der Waals surface area contributed by atoms with Crippen LogP contribution in [0.25, 0.3) is 16.6 Å². The number of benzene rings is 3. The zero-order chi connectivity index (χ0) is 21.0. The summed E-state index contributed by atoms with van der Waals surface area (Å²) in [6.07, 6.45) is 0. The fourth-order valence-electron chi connectivity index (χ4n) is 3.43. The van der Waals surface area contributed by atoms with Crippen LogP contribution in [0, 0.1) is 5.82 Å². The second-order valence-electron chi connectivity index (χ2n) is 6.71. The highest BCUT2D eigenvalue weighted by molar-refractivity contribution is 7.92. The van der Waals surface area contributed by atoms with Crippen molar-refractivity contribution in [2.24, 2.45) is 0 Å². The summed E-state index contributed by atoms with van der Waals surface area (Å²) in [6, 6.07) is 15.3. The third-order valence-electron chi connectivity index (χ3n) is 4.84. The maximum atomic E-state index is 13.1. The van der Waals surface area contributed by atoms with E-state index in [-0.39, 0.29) is 33.1 Å². The summed E-state index contributed by atoms with van der Waals surface area (Å²) in [5.74, 6) is -0.874. The summed E-state index contributed by atoms with van der Waals surface area (Å²) in [5.41, 5.74) is 0.765. The summed E-state index contributed by atoms with van der Waals surface area (Å²) in [5, 5.41) is 0.155. The number of para-hydroxylation sites is 1. The molecule has 2 heterocycles. The first-order valence-electron chi connectivity index (χ1n) is 8.84. The number of halogens is 1. The predicted molar refractivity (Wildman–Crippen MR) is 108 cm³/mol. The molecule has 0 radical (unpaired) electrons. The number of anilines is 1. The van der Waals surface area contributed by atoms with Crippen LogP contribution in [0.2, 0.25) is 0 Å². The van der Waals surface area contributed by atoms with Gasteiger partial charge in [0.1, 0.15) is 5.82 Å². The maximum Gasteiger partial charge on any atom is 0.266 e. The number of nitrogens with zero attached hydrogens (tertiary/aromatic N) is 2. The van der Waals surface area contributed by atoms with Crippen LogP contribution in [0.3, 0.4) is 0 Å². The topological polar surface area (TPSA) is 98.1 Å². The van der Waals surface area contributed by atoms with Crippen molar-refractivity contribution in [1.82, 2.24) is 9.55 Å². The lowest BCUT2D eigenvalue weighted by atomic mass is 10.1. The molecule has 4 aromatic rings. The van der Waals surface area contributed by atoms with Crippen LogP contribution in [0.4, 0.5) is 10.1 Å². The number of sulfonamides is 1. The molecule has 1 aliphatic heterocycles. The lowest BCUT2D eigenvalue weighted by molar-refractivity contribution is 0.103.